The first-order valence-corrected chi connectivity index (χ1v) is 6.30. The summed E-state index contributed by atoms with van der Waals surface area (Å²) in [6.07, 6.45) is -4.96. The topological polar surface area (TPSA) is 40.6 Å². The number of carbonyl (C=O) groups is 2. The van der Waals surface area contributed by atoms with Crippen LogP contribution in [0, 0.1) is 11.6 Å². The molecule has 1 aliphatic heterocycles. The summed E-state index contributed by atoms with van der Waals surface area (Å²) >= 11 is 0. The third-order valence-electron chi connectivity index (χ3n) is 3.26. The fraction of sp³-hybridized carbons (Fsp3) is 0.385. The normalized spacial score (nSPS) is 15.9. The Morgan fingerprint density at radius 2 is 1.50 bits per heavy atom. The largest absolute Gasteiger partial charge is 0.471 e. The third-order valence-corrected chi connectivity index (χ3v) is 3.26. The number of hydrogen-bond donors (Lipinski definition) is 0. The number of nitrogens with zero attached hydrogens (tertiary/aromatic N) is 2. The summed E-state index contributed by atoms with van der Waals surface area (Å²) in [6.45, 7) is -0.908. The van der Waals surface area contributed by atoms with Gasteiger partial charge in [-0.25, -0.2) is 8.78 Å². The molecule has 0 radical (unpaired) electrons. The van der Waals surface area contributed by atoms with Gasteiger partial charge in [0.2, 0.25) is 0 Å². The van der Waals surface area contributed by atoms with Crippen LogP contribution in [-0.4, -0.2) is 54.0 Å². The Bertz CT molecular complexity index is 595. The molecule has 120 valence electrons. The van der Waals surface area contributed by atoms with Gasteiger partial charge in [0.25, 0.3) is 5.91 Å². The van der Waals surface area contributed by atoms with Crippen LogP contribution < -0.4 is 0 Å². The Labute approximate surface area is 122 Å². The molecule has 1 saturated heterocycles. The second kappa shape index (κ2) is 5.90. The second-order valence-electron chi connectivity index (χ2n) is 4.71. The Hall–Kier alpha value is -2.19. The molecule has 0 unspecified atom stereocenters. The van der Waals surface area contributed by atoms with Crippen molar-refractivity contribution < 1.29 is 31.5 Å². The molecule has 0 aromatic heterocycles. The summed E-state index contributed by atoms with van der Waals surface area (Å²) < 4.78 is 63.2. The number of halogens is 5. The van der Waals surface area contributed by atoms with Crippen LogP contribution in [0.3, 0.4) is 0 Å². The SMILES string of the molecule is O=C(c1ccc(F)cc1F)N1CCN(C(=O)C(F)(F)F)CC1. The first-order chi connectivity index (χ1) is 10.2. The lowest BCUT2D eigenvalue weighted by atomic mass is 10.1. The van der Waals surface area contributed by atoms with Crippen molar-refractivity contribution in [1.82, 2.24) is 9.80 Å². The van der Waals surface area contributed by atoms with E-state index < -0.39 is 29.6 Å². The van der Waals surface area contributed by atoms with Crippen molar-refractivity contribution in [3.8, 4) is 0 Å². The number of benzene rings is 1. The standard InChI is InChI=1S/C13H11F5N2O2/c14-8-1-2-9(10(15)7-8)11(21)19-3-5-20(6-4-19)12(22)13(16,17)18/h1-2,7H,3-6H2. The number of carbonyl (C=O) groups excluding carboxylic acids is 2. The molecular weight excluding hydrogens is 311 g/mol. The van der Waals surface area contributed by atoms with Crippen LogP contribution in [-0.2, 0) is 4.79 Å². The van der Waals surface area contributed by atoms with E-state index in [1.807, 2.05) is 0 Å². The highest BCUT2D eigenvalue weighted by molar-refractivity contribution is 5.94. The molecule has 22 heavy (non-hydrogen) atoms. The van der Waals surface area contributed by atoms with E-state index in [0.717, 1.165) is 17.0 Å². The van der Waals surface area contributed by atoms with Crippen molar-refractivity contribution in [2.75, 3.05) is 26.2 Å². The Morgan fingerprint density at radius 3 is 2.00 bits per heavy atom. The molecule has 1 aromatic carbocycles. The molecule has 0 N–H and O–H groups in total. The lowest BCUT2D eigenvalue weighted by molar-refractivity contribution is -0.186. The molecule has 0 aliphatic carbocycles. The Balaban J connectivity index is 2.02. The summed E-state index contributed by atoms with van der Waals surface area (Å²) in [5, 5.41) is 0. The van der Waals surface area contributed by atoms with Crippen LogP contribution in [0.25, 0.3) is 0 Å². The molecule has 1 heterocycles. The number of piperazine rings is 1. The fourth-order valence-corrected chi connectivity index (χ4v) is 2.13. The number of alkyl halides is 3. The van der Waals surface area contributed by atoms with Gasteiger partial charge in [-0.15, -0.1) is 0 Å². The molecule has 4 nitrogen and oxygen atoms in total. The van der Waals surface area contributed by atoms with E-state index in [0.29, 0.717) is 11.0 Å². The van der Waals surface area contributed by atoms with Gasteiger partial charge in [-0.05, 0) is 12.1 Å². The van der Waals surface area contributed by atoms with Crippen molar-refractivity contribution in [3.63, 3.8) is 0 Å². The predicted molar refractivity (Wildman–Crippen MR) is 64.9 cm³/mol. The van der Waals surface area contributed by atoms with Gasteiger partial charge < -0.3 is 9.80 Å². The highest BCUT2D eigenvalue weighted by Gasteiger charge is 2.43. The summed E-state index contributed by atoms with van der Waals surface area (Å²) in [5.74, 6) is -4.60. The fourth-order valence-electron chi connectivity index (χ4n) is 2.13. The average Bonchev–Trinajstić information content (AvgIpc) is 2.45. The second-order valence-corrected chi connectivity index (χ2v) is 4.71. The van der Waals surface area contributed by atoms with Crippen molar-refractivity contribution in [2.45, 2.75) is 6.18 Å². The van der Waals surface area contributed by atoms with Gasteiger partial charge in [0, 0.05) is 32.2 Å². The van der Waals surface area contributed by atoms with Crippen LogP contribution in [0.1, 0.15) is 10.4 Å². The maximum absolute atomic E-state index is 13.5. The van der Waals surface area contributed by atoms with E-state index in [2.05, 4.69) is 0 Å². The molecule has 2 amide bonds. The highest BCUT2D eigenvalue weighted by atomic mass is 19.4. The smallest absolute Gasteiger partial charge is 0.335 e. The number of rotatable bonds is 1. The number of hydrogen-bond acceptors (Lipinski definition) is 2. The zero-order chi connectivity index (χ0) is 16.5. The lowest BCUT2D eigenvalue weighted by Gasteiger charge is -2.35. The minimum Gasteiger partial charge on any atom is -0.335 e. The van der Waals surface area contributed by atoms with Gasteiger partial charge in [-0.3, -0.25) is 9.59 Å². The van der Waals surface area contributed by atoms with Gasteiger partial charge in [0.1, 0.15) is 11.6 Å². The molecule has 2 rings (SSSR count). The Morgan fingerprint density at radius 1 is 0.955 bits per heavy atom. The first kappa shape index (κ1) is 16.2. The Kier molecular flexibility index (Phi) is 4.34. The summed E-state index contributed by atoms with van der Waals surface area (Å²) in [4.78, 5) is 24.8. The maximum atomic E-state index is 13.5. The quantitative estimate of drug-likeness (QED) is 0.740. The predicted octanol–water partition coefficient (Wildman–Crippen LogP) is 1.81. The maximum Gasteiger partial charge on any atom is 0.471 e. The van der Waals surface area contributed by atoms with Crippen LogP contribution in [0.15, 0.2) is 18.2 Å². The van der Waals surface area contributed by atoms with Crippen LogP contribution >= 0.6 is 0 Å². The molecule has 1 fully saturated rings. The van der Waals surface area contributed by atoms with Crippen molar-refractivity contribution in [1.29, 1.82) is 0 Å². The van der Waals surface area contributed by atoms with Gasteiger partial charge in [0.15, 0.2) is 0 Å². The zero-order valence-corrected chi connectivity index (χ0v) is 11.2. The van der Waals surface area contributed by atoms with Crippen molar-refractivity contribution >= 4 is 11.8 Å². The van der Waals surface area contributed by atoms with E-state index in [-0.39, 0.29) is 31.7 Å². The highest BCUT2D eigenvalue weighted by Crippen LogP contribution is 2.20. The van der Waals surface area contributed by atoms with Gasteiger partial charge in [-0.1, -0.05) is 0 Å². The average molecular weight is 322 g/mol. The van der Waals surface area contributed by atoms with Gasteiger partial charge in [0.05, 0.1) is 5.56 Å². The summed E-state index contributed by atoms with van der Waals surface area (Å²) in [7, 11) is 0. The van der Waals surface area contributed by atoms with E-state index in [9.17, 15) is 31.5 Å². The molecule has 0 spiro atoms. The summed E-state index contributed by atoms with van der Waals surface area (Å²) in [5.41, 5.74) is -0.364. The number of amides is 2. The molecule has 0 bridgehead atoms. The zero-order valence-electron chi connectivity index (χ0n) is 11.2. The minimum absolute atomic E-state index is 0.155. The van der Waals surface area contributed by atoms with E-state index >= 15 is 0 Å². The van der Waals surface area contributed by atoms with Crippen molar-refractivity contribution in [2.24, 2.45) is 0 Å². The lowest BCUT2D eigenvalue weighted by Crippen LogP contribution is -2.53. The van der Waals surface area contributed by atoms with Crippen LogP contribution in [0.2, 0.25) is 0 Å². The molecule has 0 atom stereocenters. The van der Waals surface area contributed by atoms with Gasteiger partial charge >= 0.3 is 12.1 Å². The molecule has 9 heteroatoms. The third kappa shape index (κ3) is 3.34. The molecule has 1 aliphatic rings. The first-order valence-electron chi connectivity index (χ1n) is 6.30. The molecule has 0 saturated carbocycles. The summed E-state index contributed by atoms with van der Waals surface area (Å²) in [6, 6.07) is 2.44. The molecule has 1 aromatic rings. The van der Waals surface area contributed by atoms with E-state index in [1.165, 1.54) is 0 Å². The van der Waals surface area contributed by atoms with Crippen LogP contribution in [0.4, 0.5) is 22.0 Å². The molecular formula is C13H11F5N2O2. The van der Waals surface area contributed by atoms with Crippen LogP contribution in [0.5, 0.6) is 0 Å². The monoisotopic (exact) mass is 322 g/mol. The van der Waals surface area contributed by atoms with E-state index in [1.54, 1.807) is 0 Å². The van der Waals surface area contributed by atoms with E-state index in [4.69, 9.17) is 0 Å². The van der Waals surface area contributed by atoms with Crippen molar-refractivity contribution in [3.05, 3.63) is 35.4 Å². The van der Waals surface area contributed by atoms with Gasteiger partial charge in [-0.2, -0.15) is 13.2 Å². The minimum atomic E-state index is -4.96.